The molecule has 0 saturated heterocycles. The molecule has 2 aromatic rings. The van der Waals surface area contributed by atoms with Gasteiger partial charge in [-0.1, -0.05) is 5.16 Å². The number of aryl methyl sites for hydroxylation is 1. The smallest absolute Gasteiger partial charge is 0.245 e. The zero-order chi connectivity index (χ0) is 10.7. The first-order valence-corrected chi connectivity index (χ1v) is 5.18. The van der Waals surface area contributed by atoms with E-state index in [-0.39, 0.29) is 0 Å². The fourth-order valence-electron chi connectivity index (χ4n) is 1.09. The van der Waals surface area contributed by atoms with Gasteiger partial charge in [-0.25, -0.2) is 4.98 Å². The minimum absolute atomic E-state index is 0.469. The maximum atomic E-state index is 4.96. The van der Waals surface area contributed by atoms with Crippen LogP contribution in [0.25, 0.3) is 0 Å². The zero-order valence-corrected chi connectivity index (χ0v) is 9.65. The third-order valence-electron chi connectivity index (χ3n) is 1.74. The van der Waals surface area contributed by atoms with Gasteiger partial charge in [0, 0.05) is 6.20 Å². The molecule has 0 amide bonds. The first-order chi connectivity index (χ1) is 7.25. The monoisotopic (exact) mass is 268 g/mol. The first kappa shape index (κ1) is 10.1. The van der Waals surface area contributed by atoms with Gasteiger partial charge in [0.25, 0.3) is 0 Å². The Kier molecular flexibility index (Phi) is 2.96. The van der Waals surface area contributed by atoms with Gasteiger partial charge >= 0.3 is 0 Å². The Hall–Kier alpha value is -1.43. The number of hydrogen-bond donors (Lipinski definition) is 1. The van der Waals surface area contributed by atoms with Crippen molar-refractivity contribution in [3.63, 3.8) is 0 Å². The molecule has 78 valence electrons. The topological polar surface area (TPSA) is 63.8 Å². The van der Waals surface area contributed by atoms with Crippen LogP contribution in [-0.4, -0.2) is 15.1 Å². The molecule has 6 heteroatoms. The number of nitrogens with zero attached hydrogens (tertiary/aromatic N) is 3. The van der Waals surface area contributed by atoms with Crippen LogP contribution in [0, 0.1) is 6.92 Å². The minimum Gasteiger partial charge on any atom is -0.360 e. The van der Waals surface area contributed by atoms with E-state index in [9.17, 15) is 0 Å². The Bertz CT molecular complexity index is 457. The van der Waals surface area contributed by atoms with Gasteiger partial charge in [-0.05, 0) is 35.0 Å². The second kappa shape index (κ2) is 4.39. The molecule has 15 heavy (non-hydrogen) atoms. The van der Waals surface area contributed by atoms with Crippen LogP contribution >= 0.6 is 15.9 Å². The average molecular weight is 269 g/mol. The molecule has 0 aliphatic heterocycles. The molecule has 0 bridgehead atoms. The fourth-order valence-corrected chi connectivity index (χ4v) is 1.48. The predicted molar refractivity (Wildman–Crippen MR) is 58.3 cm³/mol. The molecule has 0 atom stereocenters. The number of rotatable bonds is 3. The molecule has 2 rings (SSSR count). The number of halogens is 1. The third-order valence-corrected chi connectivity index (χ3v) is 2.38. The lowest BCUT2D eigenvalue weighted by Gasteiger charge is -2.03. The van der Waals surface area contributed by atoms with E-state index in [0.29, 0.717) is 18.3 Å². The van der Waals surface area contributed by atoms with E-state index in [1.54, 1.807) is 13.1 Å². The summed E-state index contributed by atoms with van der Waals surface area (Å²) in [5.74, 6) is 1.94. The molecule has 0 saturated carbocycles. The maximum Gasteiger partial charge on any atom is 0.245 e. The number of nitrogens with one attached hydrogen (secondary N) is 1. The first-order valence-electron chi connectivity index (χ1n) is 4.39. The van der Waals surface area contributed by atoms with E-state index in [2.05, 4.69) is 36.4 Å². The van der Waals surface area contributed by atoms with Gasteiger partial charge in [0.05, 0.1) is 11.0 Å². The van der Waals surface area contributed by atoms with Crippen molar-refractivity contribution < 1.29 is 4.52 Å². The van der Waals surface area contributed by atoms with Crippen molar-refractivity contribution in [1.82, 2.24) is 15.1 Å². The Balaban J connectivity index is 2.02. The lowest BCUT2D eigenvalue weighted by atomic mass is 10.4. The fraction of sp³-hybridized carbons (Fsp3) is 0.222. The minimum atomic E-state index is 0.469. The number of hydrogen-bond acceptors (Lipinski definition) is 5. The molecule has 5 nitrogen and oxygen atoms in total. The summed E-state index contributed by atoms with van der Waals surface area (Å²) in [5, 5.41) is 6.78. The lowest BCUT2D eigenvalue weighted by Crippen LogP contribution is -2.02. The Morgan fingerprint density at radius 2 is 2.40 bits per heavy atom. The number of pyridine rings is 1. The van der Waals surface area contributed by atoms with Gasteiger partial charge in [0.2, 0.25) is 5.89 Å². The second-order valence-electron chi connectivity index (χ2n) is 2.92. The number of anilines is 1. The van der Waals surface area contributed by atoms with Crippen LogP contribution in [-0.2, 0) is 6.54 Å². The summed E-state index contributed by atoms with van der Waals surface area (Å²) in [6, 6.07) is 3.76. The quantitative estimate of drug-likeness (QED) is 0.924. The molecule has 0 spiro atoms. The molecular weight excluding hydrogens is 260 g/mol. The summed E-state index contributed by atoms with van der Waals surface area (Å²) in [7, 11) is 0. The van der Waals surface area contributed by atoms with Crippen LogP contribution in [0.1, 0.15) is 11.7 Å². The molecule has 0 radical (unpaired) electrons. The highest BCUT2D eigenvalue weighted by atomic mass is 79.9. The molecule has 1 N–H and O–H groups in total. The van der Waals surface area contributed by atoms with Crippen molar-refractivity contribution in [3.05, 3.63) is 34.5 Å². The summed E-state index contributed by atoms with van der Waals surface area (Å²) in [6.45, 7) is 2.25. The van der Waals surface area contributed by atoms with Gasteiger partial charge in [-0.3, -0.25) is 0 Å². The highest BCUT2D eigenvalue weighted by molar-refractivity contribution is 9.10. The van der Waals surface area contributed by atoms with Crippen LogP contribution in [0.3, 0.4) is 0 Å². The van der Waals surface area contributed by atoms with Crippen molar-refractivity contribution >= 4 is 21.7 Å². The molecule has 2 aromatic heterocycles. The van der Waals surface area contributed by atoms with Crippen LogP contribution in [0.4, 0.5) is 5.82 Å². The van der Waals surface area contributed by atoms with Crippen molar-refractivity contribution in [2.75, 3.05) is 5.32 Å². The van der Waals surface area contributed by atoms with Gasteiger partial charge in [-0.2, -0.15) is 4.98 Å². The van der Waals surface area contributed by atoms with E-state index in [1.165, 1.54) is 0 Å². The molecule has 0 aliphatic carbocycles. The zero-order valence-electron chi connectivity index (χ0n) is 8.07. The van der Waals surface area contributed by atoms with E-state index in [4.69, 9.17) is 4.52 Å². The van der Waals surface area contributed by atoms with Crippen LogP contribution in [0.15, 0.2) is 27.3 Å². The summed E-state index contributed by atoms with van der Waals surface area (Å²) in [4.78, 5) is 8.22. The normalized spacial score (nSPS) is 10.3. The van der Waals surface area contributed by atoms with Crippen molar-refractivity contribution in [1.29, 1.82) is 0 Å². The van der Waals surface area contributed by atoms with E-state index in [0.717, 1.165) is 10.3 Å². The standard InChI is InChI=1S/C9H9BrN4O/c1-6-13-8(15-14-6)5-12-9-7(10)3-2-4-11-9/h2-4H,5H2,1H3,(H,11,12). The summed E-state index contributed by atoms with van der Waals surface area (Å²) in [5.41, 5.74) is 0. The lowest BCUT2D eigenvalue weighted by molar-refractivity contribution is 0.379. The Morgan fingerprint density at radius 3 is 3.07 bits per heavy atom. The number of aromatic nitrogens is 3. The molecule has 2 heterocycles. The van der Waals surface area contributed by atoms with Gasteiger partial charge in [-0.15, -0.1) is 0 Å². The van der Waals surface area contributed by atoms with Crippen LogP contribution in [0.2, 0.25) is 0 Å². The highest BCUT2D eigenvalue weighted by Gasteiger charge is 2.04. The third kappa shape index (κ3) is 2.53. The molecule has 0 aliphatic rings. The summed E-state index contributed by atoms with van der Waals surface area (Å²) < 4.78 is 5.86. The SMILES string of the molecule is Cc1noc(CNc2ncccc2Br)n1. The second-order valence-corrected chi connectivity index (χ2v) is 3.78. The Morgan fingerprint density at radius 1 is 1.53 bits per heavy atom. The molecular formula is C9H9BrN4O. The summed E-state index contributed by atoms with van der Waals surface area (Å²) in [6.07, 6.45) is 1.71. The van der Waals surface area contributed by atoms with E-state index in [1.807, 2.05) is 12.1 Å². The van der Waals surface area contributed by atoms with E-state index < -0.39 is 0 Å². The molecule has 0 fully saturated rings. The predicted octanol–water partition coefficient (Wildman–Crippen LogP) is 2.15. The van der Waals surface area contributed by atoms with Gasteiger partial charge in [0.1, 0.15) is 5.82 Å². The van der Waals surface area contributed by atoms with Gasteiger partial charge < -0.3 is 9.84 Å². The summed E-state index contributed by atoms with van der Waals surface area (Å²) >= 11 is 3.38. The van der Waals surface area contributed by atoms with E-state index >= 15 is 0 Å². The van der Waals surface area contributed by atoms with Crippen molar-refractivity contribution in [2.24, 2.45) is 0 Å². The average Bonchev–Trinajstić information content (AvgIpc) is 2.63. The van der Waals surface area contributed by atoms with Gasteiger partial charge in [0.15, 0.2) is 5.82 Å². The molecule has 0 aromatic carbocycles. The molecule has 0 unspecified atom stereocenters. The van der Waals surface area contributed by atoms with Crippen LogP contribution in [0.5, 0.6) is 0 Å². The van der Waals surface area contributed by atoms with Crippen molar-refractivity contribution in [3.8, 4) is 0 Å². The largest absolute Gasteiger partial charge is 0.360 e. The Labute approximate surface area is 95.0 Å². The van der Waals surface area contributed by atoms with Crippen LogP contribution < -0.4 is 5.32 Å². The highest BCUT2D eigenvalue weighted by Crippen LogP contribution is 2.18. The van der Waals surface area contributed by atoms with Crippen molar-refractivity contribution in [2.45, 2.75) is 13.5 Å². The maximum absolute atomic E-state index is 4.96.